The molecule has 2 aromatic carbocycles. The second-order valence-corrected chi connectivity index (χ2v) is 5.12. The van der Waals surface area contributed by atoms with Crippen LogP contribution >= 0.6 is 0 Å². The molecule has 0 bridgehead atoms. The van der Waals surface area contributed by atoms with Crippen LogP contribution in [0.1, 0.15) is 11.4 Å². The van der Waals surface area contributed by atoms with E-state index >= 15 is 0 Å². The summed E-state index contributed by atoms with van der Waals surface area (Å²) in [7, 11) is 1.65. The van der Waals surface area contributed by atoms with Crippen molar-refractivity contribution in [2.45, 2.75) is 13.0 Å². The average Bonchev–Trinajstić information content (AvgIpc) is 2.93. The molecule has 2 N–H and O–H groups in total. The number of fused-ring (bicyclic) bond motifs is 1. The number of nitrogens with one attached hydrogen (secondary N) is 2. The molecule has 0 radical (unpaired) electrons. The third-order valence-corrected chi connectivity index (χ3v) is 3.51. The summed E-state index contributed by atoms with van der Waals surface area (Å²) in [6, 6.07) is 12.4. The lowest BCUT2D eigenvalue weighted by atomic mass is 10.1. The molecule has 0 aliphatic rings. The van der Waals surface area contributed by atoms with E-state index in [-0.39, 0.29) is 5.82 Å². The number of aromatic amines is 1. The predicted molar refractivity (Wildman–Crippen MR) is 84.5 cm³/mol. The molecule has 1 aromatic heterocycles. The second kappa shape index (κ2) is 6.58. The molecule has 3 rings (SSSR count). The van der Waals surface area contributed by atoms with Gasteiger partial charge in [0.05, 0.1) is 24.7 Å². The van der Waals surface area contributed by atoms with Crippen LogP contribution in [-0.4, -0.2) is 23.6 Å². The van der Waals surface area contributed by atoms with Crippen molar-refractivity contribution in [3.8, 4) is 5.75 Å². The molecular weight excluding hydrogens is 281 g/mol. The average molecular weight is 299 g/mol. The van der Waals surface area contributed by atoms with Crippen LogP contribution in [0.25, 0.3) is 11.0 Å². The SMILES string of the molecule is COc1ccc2nc(CNCCc3cccc(F)c3)[nH]c2c1. The molecule has 0 saturated heterocycles. The first kappa shape index (κ1) is 14.5. The number of H-pyrrole nitrogens is 1. The molecule has 5 heteroatoms. The van der Waals surface area contributed by atoms with Crippen LogP contribution in [0.2, 0.25) is 0 Å². The van der Waals surface area contributed by atoms with Gasteiger partial charge in [-0.25, -0.2) is 9.37 Å². The van der Waals surface area contributed by atoms with Crippen LogP contribution in [0.15, 0.2) is 42.5 Å². The normalized spacial score (nSPS) is 11.0. The third-order valence-electron chi connectivity index (χ3n) is 3.51. The van der Waals surface area contributed by atoms with E-state index in [1.165, 1.54) is 6.07 Å². The van der Waals surface area contributed by atoms with Crippen LogP contribution in [0.3, 0.4) is 0 Å². The van der Waals surface area contributed by atoms with Crippen molar-refractivity contribution in [3.05, 3.63) is 59.7 Å². The van der Waals surface area contributed by atoms with Gasteiger partial charge in [-0.3, -0.25) is 0 Å². The molecule has 3 aromatic rings. The van der Waals surface area contributed by atoms with Gasteiger partial charge in [-0.05, 0) is 42.8 Å². The van der Waals surface area contributed by atoms with E-state index in [4.69, 9.17) is 4.74 Å². The Morgan fingerprint density at radius 1 is 1.23 bits per heavy atom. The van der Waals surface area contributed by atoms with Gasteiger partial charge < -0.3 is 15.0 Å². The standard InChI is InChI=1S/C17H18FN3O/c1-22-14-5-6-15-16(10-14)21-17(20-15)11-19-8-7-12-3-2-4-13(18)9-12/h2-6,9-10,19H,7-8,11H2,1H3,(H,20,21). The first-order valence-electron chi connectivity index (χ1n) is 7.22. The molecule has 22 heavy (non-hydrogen) atoms. The van der Waals surface area contributed by atoms with Crippen molar-refractivity contribution in [1.82, 2.24) is 15.3 Å². The van der Waals surface area contributed by atoms with Crippen LogP contribution in [-0.2, 0) is 13.0 Å². The first-order chi connectivity index (χ1) is 10.7. The van der Waals surface area contributed by atoms with Gasteiger partial charge >= 0.3 is 0 Å². The fourth-order valence-corrected chi connectivity index (χ4v) is 2.38. The van der Waals surface area contributed by atoms with E-state index < -0.39 is 0 Å². The van der Waals surface area contributed by atoms with E-state index in [0.29, 0.717) is 6.54 Å². The Morgan fingerprint density at radius 3 is 2.95 bits per heavy atom. The van der Waals surface area contributed by atoms with Gasteiger partial charge in [0.1, 0.15) is 17.4 Å². The molecule has 0 unspecified atom stereocenters. The summed E-state index contributed by atoms with van der Waals surface area (Å²) in [5.74, 6) is 1.49. The lowest BCUT2D eigenvalue weighted by Crippen LogP contribution is -2.17. The summed E-state index contributed by atoms with van der Waals surface area (Å²) in [5.41, 5.74) is 2.87. The van der Waals surface area contributed by atoms with Gasteiger partial charge in [-0.15, -0.1) is 0 Å². The zero-order valence-corrected chi connectivity index (χ0v) is 12.4. The van der Waals surface area contributed by atoms with E-state index in [0.717, 1.165) is 41.1 Å². The fourth-order valence-electron chi connectivity index (χ4n) is 2.38. The highest BCUT2D eigenvalue weighted by Gasteiger charge is 2.04. The maximum atomic E-state index is 13.1. The number of nitrogens with zero attached hydrogens (tertiary/aromatic N) is 1. The minimum Gasteiger partial charge on any atom is -0.497 e. The number of hydrogen-bond acceptors (Lipinski definition) is 3. The maximum absolute atomic E-state index is 13.1. The van der Waals surface area contributed by atoms with E-state index in [2.05, 4.69) is 15.3 Å². The number of methoxy groups -OCH3 is 1. The summed E-state index contributed by atoms with van der Waals surface area (Å²) in [5, 5.41) is 3.31. The zero-order chi connectivity index (χ0) is 15.4. The maximum Gasteiger partial charge on any atom is 0.123 e. The highest BCUT2D eigenvalue weighted by molar-refractivity contribution is 5.76. The van der Waals surface area contributed by atoms with E-state index in [1.807, 2.05) is 24.3 Å². The lowest BCUT2D eigenvalue weighted by molar-refractivity contribution is 0.415. The Morgan fingerprint density at radius 2 is 2.14 bits per heavy atom. The Bertz CT molecular complexity index is 769. The van der Waals surface area contributed by atoms with Gasteiger partial charge in [0, 0.05) is 6.07 Å². The fraction of sp³-hybridized carbons (Fsp3) is 0.235. The van der Waals surface area contributed by atoms with Crippen molar-refractivity contribution in [3.63, 3.8) is 0 Å². The Hall–Kier alpha value is -2.40. The first-order valence-corrected chi connectivity index (χ1v) is 7.22. The monoisotopic (exact) mass is 299 g/mol. The van der Waals surface area contributed by atoms with E-state index in [9.17, 15) is 4.39 Å². The molecular formula is C17H18FN3O. The number of halogens is 1. The molecule has 0 saturated carbocycles. The van der Waals surface area contributed by atoms with Crippen molar-refractivity contribution < 1.29 is 9.13 Å². The topological polar surface area (TPSA) is 49.9 Å². The van der Waals surface area contributed by atoms with Crippen molar-refractivity contribution >= 4 is 11.0 Å². The number of ether oxygens (including phenoxy) is 1. The number of rotatable bonds is 6. The number of imidazole rings is 1. The predicted octanol–water partition coefficient (Wildman–Crippen LogP) is 3.04. The highest BCUT2D eigenvalue weighted by Crippen LogP contribution is 2.18. The summed E-state index contributed by atoms with van der Waals surface area (Å²) in [4.78, 5) is 7.78. The lowest BCUT2D eigenvalue weighted by Gasteiger charge is -2.03. The van der Waals surface area contributed by atoms with Gasteiger partial charge in [0.25, 0.3) is 0 Å². The quantitative estimate of drug-likeness (QED) is 0.688. The van der Waals surface area contributed by atoms with Gasteiger partial charge in [0.2, 0.25) is 0 Å². The summed E-state index contributed by atoms with van der Waals surface area (Å²) >= 11 is 0. The molecule has 0 aliphatic carbocycles. The Kier molecular flexibility index (Phi) is 4.34. The smallest absolute Gasteiger partial charge is 0.123 e. The second-order valence-electron chi connectivity index (χ2n) is 5.12. The van der Waals surface area contributed by atoms with E-state index in [1.54, 1.807) is 19.2 Å². The largest absolute Gasteiger partial charge is 0.497 e. The Labute approximate surface area is 128 Å². The minimum absolute atomic E-state index is 0.191. The number of benzene rings is 2. The van der Waals surface area contributed by atoms with Gasteiger partial charge in [0.15, 0.2) is 0 Å². The third kappa shape index (κ3) is 3.43. The van der Waals surface area contributed by atoms with Crippen LogP contribution in [0.4, 0.5) is 4.39 Å². The number of hydrogen-bond donors (Lipinski definition) is 2. The van der Waals surface area contributed by atoms with Gasteiger partial charge in [-0.2, -0.15) is 0 Å². The van der Waals surface area contributed by atoms with Crippen LogP contribution in [0.5, 0.6) is 5.75 Å². The molecule has 0 aliphatic heterocycles. The van der Waals surface area contributed by atoms with Crippen molar-refractivity contribution in [1.29, 1.82) is 0 Å². The van der Waals surface area contributed by atoms with Crippen molar-refractivity contribution in [2.75, 3.05) is 13.7 Å². The molecule has 0 spiro atoms. The Balaban J connectivity index is 1.55. The minimum atomic E-state index is -0.191. The van der Waals surface area contributed by atoms with Gasteiger partial charge in [-0.1, -0.05) is 12.1 Å². The highest BCUT2D eigenvalue weighted by atomic mass is 19.1. The molecule has 0 fully saturated rings. The molecule has 0 amide bonds. The number of aromatic nitrogens is 2. The molecule has 4 nitrogen and oxygen atoms in total. The summed E-state index contributed by atoms with van der Waals surface area (Å²) in [6.07, 6.45) is 0.784. The van der Waals surface area contributed by atoms with Crippen LogP contribution in [0, 0.1) is 5.82 Å². The molecule has 114 valence electrons. The molecule has 1 heterocycles. The zero-order valence-electron chi connectivity index (χ0n) is 12.4. The van der Waals surface area contributed by atoms with Crippen LogP contribution < -0.4 is 10.1 Å². The summed E-state index contributed by atoms with van der Waals surface area (Å²) < 4.78 is 18.3. The molecule has 0 atom stereocenters. The van der Waals surface area contributed by atoms with Crippen molar-refractivity contribution in [2.24, 2.45) is 0 Å². The summed E-state index contributed by atoms with van der Waals surface area (Å²) in [6.45, 7) is 1.41.